The number of hydrogen-bond donors (Lipinski definition) is 2. The number of carbonyl (C=O) groups is 5. The number of rotatable bonds is 8. The second-order valence-electron chi connectivity index (χ2n) is 20.6. The number of amides is 1. The van der Waals surface area contributed by atoms with E-state index >= 15 is 0 Å². The minimum atomic E-state index is -5.91. The van der Waals surface area contributed by atoms with Gasteiger partial charge in [0.25, 0.3) is 11.7 Å². The highest BCUT2D eigenvalue weighted by Gasteiger charge is 2.54. The summed E-state index contributed by atoms with van der Waals surface area (Å²) in [4.78, 5) is 72.0. The molecule has 1 saturated carbocycles. The van der Waals surface area contributed by atoms with E-state index in [4.69, 9.17) is 23.7 Å². The van der Waals surface area contributed by atoms with Crippen LogP contribution in [0.1, 0.15) is 126 Å². The van der Waals surface area contributed by atoms with Crippen molar-refractivity contribution in [3.63, 3.8) is 0 Å². The lowest BCUT2D eigenvalue weighted by Gasteiger charge is -2.42. The van der Waals surface area contributed by atoms with Crippen molar-refractivity contribution < 1.29 is 83.6 Å². The number of piperidine rings is 1. The molecule has 16 nitrogen and oxygen atoms in total. The summed E-state index contributed by atoms with van der Waals surface area (Å²) >= 11 is 0. The lowest BCUT2D eigenvalue weighted by molar-refractivity contribution is -0.265. The third-order valence-electron chi connectivity index (χ3n) is 15.0. The summed E-state index contributed by atoms with van der Waals surface area (Å²) in [5.74, 6) is -9.68. The number of hydrogen-bond acceptors (Lipinski definition) is 15. The van der Waals surface area contributed by atoms with Crippen molar-refractivity contribution >= 4 is 39.3 Å². The SMILES string of the molecule is CO[C@H]1CC2CC[C@@H](C)[C@@](O)(O2)C(=O)C(=O)N2CCCCC2C(=O)O[C@H]([C@H](C)C[C@@H]2CC[C@@H](OS(=O)(=O)C(F)(F)F)[C@H](OC)C2)CC(=O)[C@H](C)/C=C(\C)[C@@H](O)[C@@H](OC)C(=O)[C@H](C)C[C@H](C)/C=C/C=CC=C1C. The number of nitrogens with zero attached hydrogens (tertiary/aromatic N) is 1. The summed E-state index contributed by atoms with van der Waals surface area (Å²) in [6.07, 6.45) is 6.01. The quantitative estimate of drug-likeness (QED) is 0.0818. The second kappa shape index (κ2) is 26.7. The first kappa shape index (κ1) is 60.9. The van der Waals surface area contributed by atoms with Crippen LogP contribution >= 0.6 is 0 Å². The zero-order chi connectivity index (χ0) is 53.9. The summed E-state index contributed by atoms with van der Waals surface area (Å²) in [5, 5.41) is 23.4. The van der Waals surface area contributed by atoms with Gasteiger partial charge in [0, 0.05) is 58.5 Å². The molecule has 0 radical (unpaired) electrons. The maximum Gasteiger partial charge on any atom is 0.523 e. The van der Waals surface area contributed by atoms with Gasteiger partial charge < -0.3 is 38.8 Å². The Morgan fingerprint density at radius 3 is 2.19 bits per heavy atom. The van der Waals surface area contributed by atoms with E-state index in [0.717, 1.165) is 10.5 Å². The number of aliphatic hydroxyl groups is 2. The molecule has 72 heavy (non-hydrogen) atoms. The number of aliphatic hydroxyl groups excluding tert-OH is 1. The number of cyclic esters (lactones) is 1. The summed E-state index contributed by atoms with van der Waals surface area (Å²) in [6, 6.07) is -1.28. The Labute approximate surface area is 423 Å². The van der Waals surface area contributed by atoms with E-state index in [1.807, 2.05) is 44.2 Å². The molecule has 1 amide bonds. The number of Topliss-reactive ketones (excluding diaryl/α,β-unsaturated/α-hetero) is 3. The fourth-order valence-corrected chi connectivity index (χ4v) is 11.1. The van der Waals surface area contributed by atoms with E-state index in [1.165, 1.54) is 27.4 Å². The van der Waals surface area contributed by atoms with Gasteiger partial charge in [0.05, 0.1) is 18.3 Å². The van der Waals surface area contributed by atoms with Crippen LogP contribution in [0.2, 0.25) is 0 Å². The molecule has 0 spiro atoms. The molecule has 2 N–H and O–H groups in total. The summed E-state index contributed by atoms with van der Waals surface area (Å²) < 4.78 is 97.1. The standard InChI is InChI=1S/C52H78F3NO15S/c1-30-16-12-11-13-17-31(2)42(66-8)28-38-21-19-36(7)51(63,70-38)48(60)49(61)56-23-15-14-18-39(56)50(62)69-43(29-40(57)32(3)25-35(6)46(59)47(68-10)45(58)34(5)24-30)33(4)26-37-20-22-41(44(27-37)67-9)71-72(64,65)52(53,54)55/h11-13,16-17,25,30,32-34,36-39,41-44,46-47,59,63H,14-15,18-24,26-29H2,1-10H3/b13-11?,16-12+,31-17?,35-25+/t30-,32-,33-,34-,36-,37+,38?,39?,41-,42+,43+,44-,46-,47+,51-/m1/s1. The molecular weight excluding hydrogens is 968 g/mol. The number of allylic oxidation sites excluding steroid dienone is 6. The van der Waals surface area contributed by atoms with Crippen molar-refractivity contribution in [1.29, 1.82) is 0 Å². The highest BCUT2D eigenvalue weighted by atomic mass is 32.2. The lowest BCUT2D eigenvalue weighted by Crippen LogP contribution is -2.61. The van der Waals surface area contributed by atoms with Crippen LogP contribution in [-0.4, -0.2) is 141 Å². The van der Waals surface area contributed by atoms with Gasteiger partial charge in [0.1, 0.15) is 36.2 Å². The average molecular weight is 1050 g/mol. The van der Waals surface area contributed by atoms with Gasteiger partial charge in [-0.1, -0.05) is 71.1 Å². The predicted octanol–water partition coefficient (Wildman–Crippen LogP) is 7.05. The molecule has 2 unspecified atom stereocenters. The van der Waals surface area contributed by atoms with Crippen LogP contribution in [0.4, 0.5) is 13.2 Å². The fourth-order valence-electron chi connectivity index (χ4n) is 10.4. The molecule has 3 heterocycles. The van der Waals surface area contributed by atoms with Gasteiger partial charge in [0.2, 0.25) is 5.79 Å². The highest BCUT2D eigenvalue weighted by Crippen LogP contribution is 2.39. The van der Waals surface area contributed by atoms with Crippen molar-refractivity contribution in [1.82, 2.24) is 4.90 Å². The minimum Gasteiger partial charge on any atom is -0.460 e. The van der Waals surface area contributed by atoms with Gasteiger partial charge in [-0.25, -0.2) is 4.79 Å². The zero-order valence-electron chi connectivity index (χ0n) is 43.4. The molecule has 0 aromatic carbocycles. The third kappa shape index (κ3) is 15.7. The van der Waals surface area contributed by atoms with Crippen LogP contribution < -0.4 is 0 Å². The number of carbonyl (C=O) groups excluding carboxylic acids is 5. The molecule has 3 fully saturated rings. The van der Waals surface area contributed by atoms with Crippen molar-refractivity contribution in [2.75, 3.05) is 27.9 Å². The second-order valence-corrected chi connectivity index (χ2v) is 22.1. The molecule has 2 saturated heterocycles. The lowest BCUT2D eigenvalue weighted by atomic mass is 9.78. The number of halogens is 3. The number of fused-ring (bicyclic) bond motifs is 3. The number of alkyl halides is 3. The normalized spacial score (nSPS) is 37.0. The van der Waals surface area contributed by atoms with Crippen LogP contribution in [0.25, 0.3) is 0 Å². The third-order valence-corrected chi connectivity index (χ3v) is 16.1. The van der Waals surface area contributed by atoms with Gasteiger partial charge >= 0.3 is 21.6 Å². The van der Waals surface area contributed by atoms with Crippen LogP contribution in [-0.2, 0) is 62.0 Å². The number of esters is 1. The van der Waals surface area contributed by atoms with Gasteiger partial charge in [-0.3, -0.25) is 23.4 Å². The predicted molar refractivity (Wildman–Crippen MR) is 259 cm³/mol. The molecule has 1 aliphatic carbocycles. The Morgan fingerprint density at radius 2 is 1.56 bits per heavy atom. The van der Waals surface area contributed by atoms with Crippen LogP contribution in [0.15, 0.2) is 47.6 Å². The molecule has 15 atom stereocenters. The smallest absolute Gasteiger partial charge is 0.460 e. The minimum absolute atomic E-state index is 0.0182. The first-order valence-electron chi connectivity index (χ1n) is 25.2. The molecule has 3 aliphatic heterocycles. The first-order valence-corrected chi connectivity index (χ1v) is 26.6. The van der Waals surface area contributed by atoms with Crippen molar-refractivity contribution in [2.24, 2.45) is 35.5 Å². The molecule has 4 rings (SSSR count). The highest BCUT2D eigenvalue weighted by molar-refractivity contribution is 7.87. The largest absolute Gasteiger partial charge is 0.523 e. The maximum absolute atomic E-state index is 14.4. The summed E-state index contributed by atoms with van der Waals surface area (Å²) in [7, 11) is -1.83. The van der Waals surface area contributed by atoms with E-state index in [9.17, 15) is 55.8 Å². The average Bonchev–Trinajstić information content (AvgIpc) is 3.32. The molecule has 2 bridgehead atoms. The van der Waals surface area contributed by atoms with Crippen LogP contribution in [0, 0.1) is 35.5 Å². The van der Waals surface area contributed by atoms with E-state index < -0.39 is 117 Å². The van der Waals surface area contributed by atoms with Crippen LogP contribution in [0.5, 0.6) is 0 Å². The van der Waals surface area contributed by atoms with Crippen molar-refractivity contribution in [3.05, 3.63) is 47.6 Å². The fraction of sp³-hybridized carbons (Fsp3) is 0.750. The van der Waals surface area contributed by atoms with E-state index in [-0.39, 0.29) is 74.7 Å². The number of ketones is 3. The van der Waals surface area contributed by atoms with Gasteiger partial charge in [0.15, 0.2) is 5.78 Å². The molecule has 4 aliphatic rings. The number of ether oxygens (including phenoxy) is 5. The Morgan fingerprint density at radius 1 is 0.861 bits per heavy atom. The molecule has 408 valence electrons. The van der Waals surface area contributed by atoms with E-state index in [2.05, 4.69) is 4.18 Å². The van der Waals surface area contributed by atoms with Gasteiger partial charge in [-0.2, -0.15) is 21.6 Å². The Bertz CT molecular complexity index is 2130. The number of methoxy groups -OCH3 is 3. The van der Waals surface area contributed by atoms with E-state index in [1.54, 1.807) is 34.6 Å². The zero-order valence-corrected chi connectivity index (χ0v) is 44.2. The monoisotopic (exact) mass is 1050 g/mol. The molecule has 0 aromatic rings. The Kier molecular flexibility index (Phi) is 22.6. The molecule has 20 heteroatoms. The molecule has 0 aromatic heterocycles. The summed E-state index contributed by atoms with van der Waals surface area (Å²) in [6.45, 7) is 12.1. The maximum atomic E-state index is 14.4. The van der Waals surface area contributed by atoms with E-state index in [0.29, 0.717) is 32.1 Å². The summed E-state index contributed by atoms with van der Waals surface area (Å²) in [5.41, 5.74) is -4.52. The topological polar surface area (TPSA) is 219 Å². The Balaban J connectivity index is 1.70. The first-order chi connectivity index (χ1) is 33.7. The van der Waals surface area contributed by atoms with Gasteiger partial charge in [-0.15, -0.1) is 0 Å². The van der Waals surface area contributed by atoms with Crippen molar-refractivity contribution in [3.8, 4) is 0 Å². The molecular formula is C52H78F3NO15S. The van der Waals surface area contributed by atoms with Crippen LogP contribution in [0.3, 0.4) is 0 Å². The Hall–Kier alpha value is -3.63. The van der Waals surface area contributed by atoms with Gasteiger partial charge in [-0.05, 0) is 107 Å². The van der Waals surface area contributed by atoms with Crippen molar-refractivity contribution in [2.45, 2.75) is 186 Å².